The van der Waals surface area contributed by atoms with Gasteiger partial charge in [0.25, 0.3) is 15.9 Å². The van der Waals surface area contributed by atoms with Gasteiger partial charge in [-0.25, -0.2) is 8.42 Å². The van der Waals surface area contributed by atoms with Crippen molar-refractivity contribution in [3.05, 3.63) is 53.6 Å². The quantitative estimate of drug-likeness (QED) is 0.674. The number of hydroxylamine groups is 1. The predicted molar refractivity (Wildman–Crippen MR) is 104 cm³/mol. The molecule has 0 aromatic heterocycles. The summed E-state index contributed by atoms with van der Waals surface area (Å²) in [6.45, 7) is 1.83. The highest BCUT2D eigenvalue weighted by Crippen LogP contribution is 2.29. The van der Waals surface area contributed by atoms with Gasteiger partial charge in [-0.3, -0.25) is 9.63 Å². The number of carbonyl (C=O) groups excluding carboxylic acids is 1. The Morgan fingerprint density at radius 1 is 1.04 bits per heavy atom. The van der Waals surface area contributed by atoms with Crippen LogP contribution in [0, 0.1) is 0 Å². The molecule has 2 rings (SSSR count). The molecule has 0 heterocycles. The Balaban J connectivity index is 2.17. The first-order valence-corrected chi connectivity index (χ1v) is 9.84. The van der Waals surface area contributed by atoms with E-state index in [1.165, 1.54) is 38.4 Å². The van der Waals surface area contributed by atoms with E-state index >= 15 is 0 Å². The highest BCUT2D eigenvalue weighted by Gasteiger charge is 2.21. The maximum absolute atomic E-state index is 12.5. The zero-order valence-corrected chi connectivity index (χ0v) is 17.2. The Hall–Kier alpha value is -2.62. The number of ether oxygens (including phenoxy) is 2. The van der Waals surface area contributed by atoms with Gasteiger partial charge in [-0.15, -0.1) is 0 Å². The summed E-state index contributed by atoms with van der Waals surface area (Å²) in [5, 5.41) is 2.87. The minimum absolute atomic E-state index is 0.0262. The number of methoxy groups -OCH3 is 2. The van der Waals surface area contributed by atoms with E-state index in [1.54, 1.807) is 26.4 Å². The Morgan fingerprint density at radius 2 is 1.68 bits per heavy atom. The first-order valence-electron chi connectivity index (χ1n) is 8.40. The summed E-state index contributed by atoms with van der Waals surface area (Å²) in [4.78, 5) is 17.3. The third-order valence-electron chi connectivity index (χ3n) is 4.26. The summed E-state index contributed by atoms with van der Waals surface area (Å²) in [5.41, 5.74) is 1.12. The molecule has 0 fully saturated rings. The van der Waals surface area contributed by atoms with Crippen molar-refractivity contribution in [1.82, 2.24) is 9.79 Å². The third-order valence-corrected chi connectivity index (χ3v) is 5.96. The van der Waals surface area contributed by atoms with Gasteiger partial charge >= 0.3 is 0 Å². The van der Waals surface area contributed by atoms with Crippen LogP contribution in [0.2, 0.25) is 0 Å². The molecule has 8 nitrogen and oxygen atoms in total. The van der Waals surface area contributed by atoms with Crippen LogP contribution in [0.25, 0.3) is 0 Å². The first kappa shape index (κ1) is 21.7. The van der Waals surface area contributed by atoms with Crippen molar-refractivity contribution in [2.24, 2.45) is 0 Å². The van der Waals surface area contributed by atoms with E-state index in [-0.39, 0.29) is 16.8 Å². The van der Waals surface area contributed by atoms with Crippen molar-refractivity contribution >= 4 is 15.9 Å². The molecule has 9 heteroatoms. The molecule has 0 bridgehead atoms. The van der Waals surface area contributed by atoms with Gasteiger partial charge in [0.05, 0.1) is 32.3 Å². The lowest BCUT2D eigenvalue weighted by Crippen LogP contribution is -2.27. The molecule has 0 spiro atoms. The molecule has 1 atom stereocenters. The van der Waals surface area contributed by atoms with Crippen LogP contribution in [0.5, 0.6) is 11.5 Å². The third kappa shape index (κ3) is 4.61. The van der Waals surface area contributed by atoms with E-state index in [4.69, 9.17) is 14.3 Å². The molecule has 0 saturated heterocycles. The van der Waals surface area contributed by atoms with Crippen LogP contribution in [0.4, 0.5) is 0 Å². The molecule has 1 N–H and O–H groups in total. The lowest BCUT2D eigenvalue weighted by atomic mass is 10.1. The van der Waals surface area contributed by atoms with Crippen LogP contribution >= 0.6 is 0 Å². The molecule has 2 aromatic rings. The fraction of sp³-hybridized carbons (Fsp3) is 0.316. The van der Waals surface area contributed by atoms with Crippen LogP contribution in [0.1, 0.15) is 28.9 Å². The average Bonchev–Trinajstić information content (AvgIpc) is 2.72. The van der Waals surface area contributed by atoms with Gasteiger partial charge in [-0.1, -0.05) is 4.47 Å². The van der Waals surface area contributed by atoms with Crippen molar-refractivity contribution < 1.29 is 27.5 Å². The zero-order chi connectivity index (χ0) is 20.9. The summed E-state index contributed by atoms with van der Waals surface area (Å²) in [7, 11) is 1.90. The van der Waals surface area contributed by atoms with E-state index in [0.29, 0.717) is 17.1 Å². The highest BCUT2D eigenvalue weighted by molar-refractivity contribution is 7.89. The van der Waals surface area contributed by atoms with Crippen LogP contribution in [0.3, 0.4) is 0 Å². The van der Waals surface area contributed by atoms with Crippen molar-refractivity contribution in [3.8, 4) is 11.5 Å². The Morgan fingerprint density at radius 3 is 2.21 bits per heavy atom. The molecule has 0 aliphatic carbocycles. The van der Waals surface area contributed by atoms with Crippen molar-refractivity contribution in [1.29, 1.82) is 0 Å². The molecule has 1 unspecified atom stereocenters. The molecule has 0 saturated carbocycles. The van der Waals surface area contributed by atoms with Crippen LogP contribution in [-0.2, 0) is 14.9 Å². The number of carbonyl (C=O) groups is 1. The van der Waals surface area contributed by atoms with Crippen molar-refractivity contribution in [2.45, 2.75) is 17.9 Å². The number of sulfonamides is 1. The summed E-state index contributed by atoms with van der Waals surface area (Å²) < 4.78 is 35.7. The normalized spacial score (nSPS) is 12.5. The fourth-order valence-corrected chi connectivity index (χ4v) is 3.53. The van der Waals surface area contributed by atoms with Crippen molar-refractivity contribution in [3.63, 3.8) is 0 Å². The van der Waals surface area contributed by atoms with Gasteiger partial charge in [0.15, 0.2) is 0 Å². The molecular formula is C19H24N2O6S. The van der Waals surface area contributed by atoms with Crippen LogP contribution in [0.15, 0.2) is 47.4 Å². The number of nitrogens with one attached hydrogen (secondary N) is 1. The van der Waals surface area contributed by atoms with E-state index < -0.39 is 10.0 Å². The molecule has 0 aliphatic heterocycles. The SMILES string of the molecule is COc1ccc(C(C)NC(=O)c2ccc(S(=O)(=O)N(C)OC)cc2)c(OC)c1. The average molecular weight is 408 g/mol. The van der Waals surface area contributed by atoms with Crippen LogP contribution in [-0.4, -0.2) is 47.2 Å². The second-order valence-electron chi connectivity index (χ2n) is 5.92. The summed E-state index contributed by atoms with van der Waals surface area (Å²) in [5.74, 6) is 0.905. The smallest absolute Gasteiger partial charge is 0.264 e. The van der Waals surface area contributed by atoms with E-state index in [2.05, 4.69) is 5.32 Å². The molecule has 0 radical (unpaired) electrons. The highest BCUT2D eigenvalue weighted by atomic mass is 32.2. The number of hydrogen-bond donors (Lipinski definition) is 1. The number of nitrogens with zero attached hydrogens (tertiary/aromatic N) is 1. The maximum Gasteiger partial charge on any atom is 0.264 e. The maximum atomic E-state index is 12.5. The van der Waals surface area contributed by atoms with Crippen molar-refractivity contribution in [2.75, 3.05) is 28.4 Å². The standard InChI is InChI=1S/C19H24N2O6S/c1-13(17-11-8-15(25-3)12-18(17)26-4)20-19(22)14-6-9-16(10-7-14)28(23,24)21(2)27-5/h6-13H,1-5H3,(H,20,22). The van der Waals surface area contributed by atoms with Gasteiger partial charge in [-0.2, -0.15) is 0 Å². The van der Waals surface area contributed by atoms with Gasteiger partial charge in [-0.05, 0) is 43.3 Å². The summed E-state index contributed by atoms with van der Waals surface area (Å²) >= 11 is 0. The monoisotopic (exact) mass is 408 g/mol. The Kier molecular flexibility index (Phi) is 7.00. The molecule has 0 aliphatic rings. The van der Waals surface area contributed by atoms with E-state index in [0.717, 1.165) is 10.0 Å². The number of rotatable bonds is 8. The second-order valence-corrected chi connectivity index (χ2v) is 7.86. The molecule has 152 valence electrons. The van der Waals surface area contributed by atoms with Crippen LogP contribution < -0.4 is 14.8 Å². The number of hydrogen-bond acceptors (Lipinski definition) is 6. The van der Waals surface area contributed by atoms with Gasteiger partial charge in [0, 0.05) is 24.2 Å². The van der Waals surface area contributed by atoms with Gasteiger partial charge in [0.2, 0.25) is 0 Å². The molecular weight excluding hydrogens is 384 g/mol. The first-order chi connectivity index (χ1) is 13.2. The zero-order valence-electron chi connectivity index (χ0n) is 16.4. The molecule has 1 amide bonds. The molecule has 28 heavy (non-hydrogen) atoms. The lowest BCUT2D eigenvalue weighted by Gasteiger charge is -2.18. The topological polar surface area (TPSA) is 94.2 Å². The van der Waals surface area contributed by atoms with Gasteiger partial charge < -0.3 is 14.8 Å². The Bertz CT molecular complexity index is 928. The minimum Gasteiger partial charge on any atom is -0.497 e. The number of benzene rings is 2. The summed E-state index contributed by atoms with van der Waals surface area (Å²) in [6, 6.07) is 10.6. The summed E-state index contributed by atoms with van der Waals surface area (Å²) in [6.07, 6.45) is 0. The van der Waals surface area contributed by atoms with E-state index in [1.807, 2.05) is 13.0 Å². The fourth-order valence-electron chi connectivity index (χ4n) is 2.56. The van der Waals surface area contributed by atoms with E-state index in [9.17, 15) is 13.2 Å². The number of amides is 1. The predicted octanol–water partition coefficient (Wildman–Crippen LogP) is 2.38. The minimum atomic E-state index is -3.76. The van der Waals surface area contributed by atoms with Gasteiger partial charge in [0.1, 0.15) is 11.5 Å². The Labute approximate surface area is 165 Å². The molecule has 2 aromatic carbocycles. The largest absolute Gasteiger partial charge is 0.497 e. The lowest BCUT2D eigenvalue weighted by molar-refractivity contribution is -0.0258. The second kappa shape index (κ2) is 9.05.